The summed E-state index contributed by atoms with van der Waals surface area (Å²) in [5.74, 6) is 0.614. The zero-order valence-corrected chi connectivity index (χ0v) is 13.8. The summed E-state index contributed by atoms with van der Waals surface area (Å²) < 4.78 is 2.43. The standard InChI is InChI=1S/C19H27N2O/c1-3-4-11-21-14-18(17-7-5-6-8-19(17)21)16-9-12-20(13-10-16)15(2)22/h5-8,14,16,22H,3-4,9-13H2,1-2H3. The van der Waals surface area contributed by atoms with E-state index >= 15 is 0 Å². The maximum atomic E-state index is 9.65. The second-order valence-electron chi connectivity index (χ2n) is 6.46. The molecule has 3 nitrogen and oxygen atoms in total. The molecule has 3 heteroatoms. The Morgan fingerprint density at radius 2 is 1.95 bits per heavy atom. The first-order chi connectivity index (χ1) is 10.7. The molecule has 0 unspecified atom stereocenters. The number of benzene rings is 1. The van der Waals surface area contributed by atoms with Gasteiger partial charge in [0.25, 0.3) is 0 Å². The SMILES string of the molecule is CCCCn1cc(C2CCN([C](C)O)CC2)c2ccccc21. The van der Waals surface area contributed by atoms with Crippen LogP contribution < -0.4 is 0 Å². The van der Waals surface area contributed by atoms with Crippen molar-refractivity contribution >= 4 is 10.9 Å². The van der Waals surface area contributed by atoms with Crippen molar-refractivity contribution in [2.75, 3.05) is 13.1 Å². The van der Waals surface area contributed by atoms with Crippen LogP contribution in [0.15, 0.2) is 30.5 Å². The van der Waals surface area contributed by atoms with Crippen molar-refractivity contribution in [3.05, 3.63) is 42.3 Å². The van der Waals surface area contributed by atoms with Crippen LogP contribution in [-0.4, -0.2) is 27.7 Å². The van der Waals surface area contributed by atoms with Crippen LogP contribution in [0, 0.1) is 6.23 Å². The second kappa shape index (κ2) is 6.84. The van der Waals surface area contributed by atoms with Crippen molar-refractivity contribution in [3.63, 3.8) is 0 Å². The molecule has 22 heavy (non-hydrogen) atoms. The average Bonchev–Trinajstić information content (AvgIpc) is 2.92. The Labute approximate surface area is 133 Å². The molecule has 1 saturated heterocycles. The Balaban J connectivity index is 1.85. The zero-order chi connectivity index (χ0) is 15.5. The van der Waals surface area contributed by atoms with E-state index in [-0.39, 0.29) is 0 Å². The Morgan fingerprint density at radius 3 is 2.64 bits per heavy atom. The second-order valence-corrected chi connectivity index (χ2v) is 6.46. The number of piperidine rings is 1. The van der Waals surface area contributed by atoms with Crippen LogP contribution in [0.25, 0.3) is 10.9 Å². The number of aliphatic hydroxyl groups excluding tert-OH is 1. The van der Waals surface area contributed by atoms with Gasteiger partial charge in [0, 0.05) is 36.7 Å². The van der Waals surface area contributed by atoms with Crippen molar-refractivity contribution in [3.8, 4) is 0 Å². The van der Waals surface area contributed by atoms with Crippen molar-refractivity contribution in [2.45, 2.75) is 52.0 Å². The normalized spacial score (nSPS) is 17.6. The highest BCUT2D eigenvalue weighted by atomic mass is 16.3. The first-order valence-corrected chi connectivity index (χ1v) is 8.56. The molecule has 1 fully saturated rings. The maximum Gasteiger partial charge on any atom is 0.158 e. The number of hydrogen-bond acceptors (Lipinski definition) is 2. The molecule has 0 amide bonds. The first kappa shape index (κ1) is 15.6. The Morgan fingerprint density at radius 1 is 1.23 bits per heavy atom. The number of rotatable bonds is 5. The third kappa shape index (κ3) is 3.06. The minimum Gasteiger partial charge on any atom is -0.371 e. The summed E-state index contributed by atoms with van der Waals surface area (Å²) in [7, 11) is 0. The number of aromatic nitrogens is 1. The molecule has 2 aromatic rings. The minimum atomic E-state index is 0.462. The minimum absolute atomic E-state index is 0.462. The van der Waals surface area contributed by atoms with Gasteiger partial charge >= 0.3 is 0 Å². The Bertz CT molecular complexity index is 609. The van der Waals surface area contributed by atoms with E-state index in [0.717, 1.165) is 32.5 Å². The highest BCUT2D eigenvalue weighted by molar-refractivity contribution is 5.84. The van der Waals surface area contributed by atoms with Crippen molar-refractivity contribution in [1.82, 2.24) is 9.47 Å². The number of likely N-dealkylation sites (tertiary alicyclic amines) is 1. The predicted molar refractivity (Wildman–Crippen MR) is 91.2 cm³/mol. The Kier molecular flexibility index (Phi) is 4.84. The molecule has 1 aromatic carbocycles. The monoisotopic (exact) mass is 299 g/mol. The number of fused-ring (bicyclic) bond motifs is 1. The van der Waals surface area contributed by atoms with Crippen LogP contribution in [0.3, 0.4) is 0 Å². The first-order valence-electron chi connectivity index (χ1n) is 8.56. The molecule has 0 aliphatic carbocycles. The van der Waals surface area contributed by atoms with Gasteiger partial charge in [0.2, 0.25) is 0 Å². The highest BCUT2D eigenvalue weighted by Gasteiger charge is 2.25. The molecule has 0 bridgehead atoms. The van der Waals surface area contributed by atoms with E-state index in [1.807, 2.05) is 0 Å². The van der Waals surface area contributed by atoms with Gasteiger partial charge < -0.3 is 9.67 Å². The molecular formula is C19H27N2O. The molecule has 1 aliphatic rings. The van der Waals surface area contributed by atoms with Crippen molar-refractivity contribution < 1.29 is 5.11 Å². The lowest BCUT2D eigenvalue weighted by atomic mass is 9.89. The lowest BCUT2D eigenvalue weighted by molar-refractivity contribution is 0.0962. The van der Waals surface area contributed by atoms with E-state index in [2.05, 4.69) is 46.9 Å². The van der Waals surface area contributed by atoms with E-state index in [1.54, 1.807) is 6.92 Å². The summed E-state index contributed by atoms with van der Waals surface area (Å²) in [5, 5.41) is 11.1. The fourth-order valence-electron chi connectivity index (χ4n) is 3.63. The lowest BCUT2D eigenvalue weighted by Crippen LogP contribution is -2.34. The predicted octanol–water partition coefficient (Wildman–Crippen LogP) is 4.50. The fourth-order valence-corrected chi connectivity index (χ4v) is 3.63. The van der Waals surface area contributed by atoms with Crippen LogP contribution in [0.5, 0.6) is 0 Å². The van der Waals surface area contributed by atoms with E-state index < -0.39 is 0 Å². The summed E-state index contributed by atoms with van der Waals surface area (Å²) >= 11 is 0. The summed E-state index contributed by atoms with van der Waals surface area (Å²) in [6.45, 7) is 7.06. The number of nitrogens with zero attached hydrogens (tertiary/aromatic N) is 2. The van der Waals surface area contributed by atoms with Gasteiger partial charge in [-0.15, -0.1) is 0 Å². The topological polar surface area (TPSA) is 28.4 Å². The Hall–Kier alpha value is -1.32. The number of aryl methyl sites for hydroxylation is 1. The zero-order valence-electron chi connectivity index (χ0n) is 13.8. The number of para-hydroxylation sites is 1. The molecule has 1 aliphatic heterocycles. The van der Waals surface area contributed by atoms with E-state index in [0.29, 0.717) is 12.1 Å². The number of aliphatic hydroxyl groups is 1. The fraction of sp³-hybridized carbons (Fsp3) is 0.526. The molecule has 119 valence electrons. The highest BCUT2D eigenvalue weighted by Crippen LogP contribution is 2.35. The third-order valence-corrected chi connectivity index (χ3v) is 4.96. The van der Waals surface area contributed by atoms with Gasteiger partial charge in [-0.2, -0.15) is 0 Å². The van der Waals surface area contributed by atoms with Gasteiger partial charge in [-0.25, -0.2) is 0 Å². The smallest absolute Gasteiger partial charge is 0.158 e. The van der Waals surface area contributed by atoms with Crippen LogP contribution in [0.2, 0.25) is 0 Å². The maximum absolute atomic E-state index is 9.65. The molecule has 1 N–H and O–H groups in total. The van der Waals surface area contributed by atoms with Crippen LogP contribution in [0.1, 0.15) is 51.0 Å². The summed E-state index contributed by atoms with van der Waals surface area (Å²) in [6.07, 6.45) is 7.56. The van der Waals surface area contributed by atoms with E-state index in [4.69, 9.17) is 0 Å². The summed E-state index contributed by atoms with van der Waals surface area (Å²) in [4.78, 5) is 2.09. The van der Waals surface area contributed by atoms with Gasteiger partial charge in [0.05, 0.1) is 0 Å². The van der Waals surface area contributed by atoms with Crippen molar-refractivity contribution in [1.29, 1.82) is 0 Å². The van der Waals surface area contributed by atoms with Crippen LogP contribution in [-0.2, 0) is 6.54 Å². The average molecular weight is 299 g/mol. The van der Waals surface area contributed by atoms with E-state index in [1.165, 1.54) is 29.3 Å². The summed E-state index contributed by atoms with van der Waals surface area (Å²) in [5.41, 5.74) is 2.88. The number of hydrogen-bond donors (Lipinski definition) is 1. The molecular weight excluding hydrogens is 272 g/mol. The molecule has 0 spiro atoms. The van der Waals surface area contributed by atoms with Crippen LogP contribution >= 0.6 is 0 Å². The molecule has 1 radical (unpaired) electrons. The largest absolute Gasteiger partial charge is 0.371 e. The van der Waals surface area contributed by atoms with Gasteiger partial charge in [-0.3, -0.25) is 4.90 Å². The number of unbranched alkanes of at least 4 members (excludes halogenated alkanes) is 1. The van der Waals surface area contributed by atoms with Gasteiger partial charge in [0.15, 0.2) is 6.23 Å². The van der Waals surface area contributed by atoms with Gasteiger partial charge in [-0.05, 0) is 43.7 Å². The quantitative estimate of drug-likeness (QED) is 0.880. The van der Waals surface area contributed by atoms with Crippen LogP contribution in [0.4, 0.5) is 0 Å². The van der Waals surface area contributed by atoms with E-state index in [9.17, 15) is 5.11 Å². The third-order valence-electron chi connectivity index (χ3n) is 4.96. The molecule has 1 aromatic heterocycles. The lowest BCUT2D eigenvalue weighted by Gasteiger charge is -2.32. The van der Waals surface area contributed by atoms with Gasteiger partial charge in [0.1, 0.15) is 0 Å². The molecule has 0 saturated carbocycles. The molecule has 2 heterocycles. The van der Waals surface area contributed by atoms with Gasteiger partial charge in [-0.1, -0.05) is 31.5 Å². The summed E-state index contributed by atoms with van der Waals surface area (Å²) in [6, 6.07) is 8.80. The molecule has 0 atom stereocenters. The van der Waals surface area contributed by atoms with Crippen molar-refractivity contribution in [2.24, 2.45) is 0 Å². The molecule has 3 rings (SSSR count).